The number of anilines is 1. The van der Waals surface area contributed by atoms with Gasteiger partial charge in [0.2, 0.25) is 12.1 Å². The fourth-order valence-corrected chi connectivity index (χ4v) is 5.53. The standard InChI is InChI=1S/C24H21ClN4O2S/c25-24-26-22(18-13-21(32-23(18)27-24)17-4-2-1-3-5-17)29-10-8-28(9-11-29)14-16-6-7-19-20(12-16)31-15-30-19/h1-7,12-13H,8-11,14-15H2. The van der Waals surface area contributed by atoms with E-state index in [0.717, 1.165) is 60.3 Å². The van der Waals surface area contributed by atoms with Crippen molar-refractivity contribution in [1.82, 2.24) is 14.9 Å². The first kappa shape index (κ1) is 19.8. The van der Waals surface area contributed by atoms with Gasteiger partial charge in [-0.1, -0.05) is 36.4 Å². The number of ether oxygens (including phenoxy) is 2. The Labute approximate surface area is 195 Å². The second-order valence-electron chi connectivity index (χ2n) is 7.96. The molecule has 0 bridgehead atoms. The fourth-order valence-electron chi connectivity index (χ4n) is 4.28. The van der Waals surface area contributed by atoms with Crippen molar-refractivity contribution in [2.45, 2.75) is 6.54 Å². The van der Waals surface area contributed by atoms with E-state index in [1.54, 1.807) is 11.3 Å². The van der Waals surface area contributed by atoms with Crippen molar-refractivity contribution in [2.24, 2.45) is 0 Å². The number of halogens is 1. The number of benzene rings is 2. The maximum absolute atomic E-state index is 6.31. The van der Waals surface area contributed by atoms with Gasteiger partial charge in [0.05, 0.1) is 5.39 Å². The van der Waals surface area contributed by atoms with Crippen molar-refractivity contribution in [2.75, 3.05) is 37.9 Å². The fraction of sp³-hybridized carbons (Fsp3) is 0.250. The monoisotopic (exact) mass is 464 g/mol. The van der Waals surface area contributed by atoms with Gasteiger partial charge in [-0.2, -0.15) is 4.98 Å². The zero-order valence-corrected chi connectivity index (χ0v) is 18.9. The summed E-state index contributed by atoms with van der Waals surface area (Å²) in [5, 5.41) is 1.37. The Hall–Kier alpha value is -2.87. The minimum absolute atomic E-state index is 0.303. The molecule has 0 saturated carbocycles. The summed E-state index contributed by atoms with van der Waals surface area (Å²) in [6.07, 6.45) is 0. The van der Waals surface area contributed by atoms with Crippen LogP contribution in [0.4, 0.5) is 5.82 Å². The minimum atomic E-state index is 0.303. The van der Waals surface area contributed by atoms with Gasteiger partial charge in [0.25, 0.3) is 0 Å². The Morgan fingerprint density at radius 1 is 0.906 bits per heavy atom. The number of nitrogens with zero attached hydrogens (tertiary/aromatic N) is 4. The molecule has 0 atom stereocenters. The molecular formula is C24H21ClN4O2S. The second kappa shape index (κ2) is 8.24. The van der Waals surface area contributed by atoms with Crippen LogP contribution in [0.25, 0.3) is 20.7 Å². The molecule has 2 aliphatic rings. The van der Waals surface area contributed by atoms with Gasteiger partial charge < -0.3 is 14.4 Å². The highest BCUT2D eigenvalue weighted by molar-refractivity contribution is 7.22. The highest BCUT2D eigenvalue weighted by atomic mass is 35.5. The lowest BCUT2D eigenvalue weighted by Crippen LogP contribution is -2.46. The van der Waals surface area contributed by atoms with E-state index >= 15 is 0 Å². The summed E-state index contributed by atoms with van der Waals surface area (Å²) >= 11 is 7.97. The summed E-state index contributed by atoms with van der Waals surface area (Å²) in [6, 6.07) is 18.8. The van der Waals surface area contributed by atoms with E-state index in [4.69, 9.17) is 21.1 Å². The molecule has 1 saturated heterocycles. The maximum Gasteiger partial charge on any atom is 0.231 e. The Bertz CT molecular complexity index is 1270. The molecule has 2 aromatic carbocycles. The number of aromatic nitrogens is 2. The molecule has 0 radical (unpaired) electrons. The molecule has 4 aromatic rings. The normalized spacial score (nSPS) is 16.1. The van der Waals surface area contributed by atoms with Gasteiger partial charge in [0.1, 0.15) is 10.6 Å². The average Bonchev–Trinajstić information content (AvgIpc) is 3.46. The van der Waals surface area contributed by atoms with Gasteiger partial charge in [-0.05, 0) is 40.9 Å². The molecule has 6 rings (SSSR count). The molecule has 4 heterocycles. The smallest absolute Gasteiger partial charge is 0.231 e. The second-order valence-corrected chi connectivity index (χ2v) is 9.33. The topological polar surface area (TPSA) is 50.7 Å². The first-order chi connectivity index (χ1) is 15.7. The highest BCUT2D eigenvalue weighted by Gasteiger charge is 2.23. The van der Waals surface area contributed by atoms with Crippen molar-refractivity contribution >= 4 is 39.0 Å². The molecule has 2 aliphatic heterocycles. The van der Waals surface area contributed by atoms with Crippen LogP contribution in [0.2, 0.25) is 5.28 Å². The van der Waals surface area contributed by atoms with Crippen molar-refractivity contribution in [3.05, 3.63) is 65.4 Å². The lowest BCUT2D eigenvalue weighted by Gasteiger charge is -2.35. The van der Waals surface area contributed by atoms with E-state index in [0.29, 0.717) is 12.1 Å². The summed E-state index contributed by atoms with van der Waals surface area (Å²) < 4.78 is 10.9. The molecule has 6 nitrogen and oxygen atoms in total. The Balaban J connectivity index is 1.20. The molecule has 0 aliphatic carbocycles. The van der Waals surface area contributed by atoms with Gasteiger partial charge in [0, 0.05) is 37.6 Å². The number of thiophene rings is 1. The average molecular weight is 465 g/mol. The zero-order chi connectivity index (χ0) is 21.5. The van der Waals surface area contributed by atoms with Crippen molar-refractivity contribution in [1.29, 1.82) is 0 Å². The summed E-state index contributed by atoms with van der Waals surface area (Å²) in [7, 11) is 0. The molecule has 8 heteroatoms. The van der Waals surface area contributed by atoms with Crippen LogP contribution in [0.15, 0.2) is 54.6 Å². The molecule has 0 unspecified atom stereocenters. The molecule has 0 spiro atoms. The predicted molar refractivity (Wildman–Crippen MR) is 128 cm³/mol. The summed E-state index contributed by atoms with van der Waals surface area (Å²) in [6.45, 7) is 4.89. The van der Waals surface area contributed by atoms with E-state index in [-0.39, 0.29) is 0 Å². The van der Waals surface area contributed by atoms with Gasteiger partial charge in [-0.3, -0.25) is 4.90 Å². The minimum Gasteiger partial charge on any atom is -0.454 e. The number of hydrogen-bond acceptors (Lipinski definition) is 7. The van der Waals surface area contributed by atoms with E-state index in [1.807, 2.05) is 12.1 Å². The van der Waals surface area contributed by atoms with Crippen LogP contribution in [0.1, 0.15) is 5.56 Å². The molecule has 2 aromatic heterocycles. The van der Waals surface area contributed by atoms with Crippen LogP contribution in [0, 0.1) is 0 Å². The SMILES string of the molecule is Clc1nc(N2CCN(Cc3ccc4c(c3)OCO4)CC2)c2cc(-c3ccccc3)sc2n1. The van der Waals surface area contributed by atoms with Gasteiger partial charge in [-0.25, -0.2) is 4.98 Å². The lowest BCUT2D eigenvalue weighted by atomic mass is 10.1. The maximum atomic E-state index is 6.31. The van der Waals surface area contributed by atoms with Crippen molar-refractivity contribution in [3.63, 3.8) is 0 Å². The first-order valence-electron chi connectivity index (χ1n) is 10.6. The lowest BCUT2D eigenvalue weighted by molar-refractivity contribution is 0.174. The number of piperazine rings is 1. The zero-order valence-electron chi connectivity index (χ0n) is 17.3. The van der Waals surface area contributed by atoms with E-state index in [9.17, 15) is 0 Å². The van der Waals surface area contributed by atoms with Crippen LogP contribution >= 0.6 is 22.9 Å². The highest BCUT2D eigenvalue weighted by Crippen LogP contribution is 2.37. The van der Waals surface area contributed by atoms with Crippen LogP contribution in [0.3, 0.4) is 0 Å². The third-order valence-corrected chi connectivity index (χ3v) is 7.17. The third kappa shape index (κ3) is 3.77. The quantitative estimate of drug-likeness (QED) is 0.393. The van der Waals surface area contributed by atoms with Crippen molar-refractivity contribution in [3.8, 4) is 21.9 Å². The molecule has 0 N–H and O–H groups in total. The molecule has 1 fully saturated rings. The van der Waals surface area contributed by atoms with Crippen LogP contribution in [-0.4, -0.2) is 47.8 Å². The largest absolute Gasteiger partial charge is 0.454 e. The van der Waals surface area contributed by atoms with Gasteiger partial charge >= 0.3 is 0 Å². The van der Waals surface area contributed by atoms with Crippen LogP contribution in [-0.2, 0) is 6.54 Å². The summed E-state index contributed by atoms with van der Waals surface area (Å²) in [4.78, 5) is 16.0. The first-order valence-corrected chi connectivity index (χ1v) is 11.8. The molecular weight excluding hydrogens is 444 g/mol. The number of hydrogen-bond donors (Lipinski definition) is 0. The summed E-state index contributed by atoms with van der Waals surface area (Å²) in [5.74, 6) is 2.60. The van der Waals surface area contributed by atoms with E-state index in [1.165, 1.54) is 16.0 Å². The molecule has 32 heavy (non-hydrogen) atoms. The third-order valence-electron chi connectivity index (χ3n) is 5.92. The van der Waals surface area contributed by atoms with E-state index < -0.39 is 0 Å². The van der Waals surface area contributed by atoms with Crippen molar-refractivity contribution < 1.29 is 9.47 Å². The number of fused-ring (bicyclic) bond motifs is 2. The Kier molecular flexibility index (Phi) is 5.09. The van der Waals surface area contributed by atoms with E-state index in [2.05, 4.69) is 62.2 Å². The Morgan fingerprint density at radius 2 is 1.72 bits per heavy atom. The molecule has 0 amide bonds. The van der Waals surface area contributed by atoms with Gasteiger partial charge in [0.15, 0.2) is 11.5 Å². The Morgan fingerprint density at radius 3 is 2.56 bits per heavy atom. The predicted octanol–water partition coefficient (Wildman–Crippen LogP) is 5.06. The summed E-state index contributed by atoms with van der Waals surface area (Å²) in [5.41, 5.74) is 2.42. The van der Waals surface area contributed by atoms with Crippen LogP contribution < -0.4 is 14.4 Å². The molecule has 162 valence electrons. The van der Waals surface area contributed by atoms with Crippen LogP contribution in [0.5, 0.6) is 11.5 Å². The van der Waals surface area contributed by atoms with Gasteiger partial charge in [-0.15, -0.1) is 11.3 Å². The number of rotatable bonds is 4.